The summed E-state index contributed by atoms with van der Waals surface area (Å²) in [4.78, 5) is 0. The Morgan fingerprint density at radius 2 is 1.80 bits per heavy atom. The van der Waals surface area contributed by atoms with Crippen molar-refractivity contribution in [1.82, 2.24) is 0 Å². The van der Waals surface area contributed by atoms with Crippen LogP contribution in [0.1, 0.15) is 24.2 Å². The Morgan fingerprint density at radius 3 is 2.35 bits per heavy atom. The van der Waals surface area contributed by atoms with Crippen LogP contribution in [0.2, 0.25) is 5.02 Å². The standard InChI is InChI=1S/C16H17BrClNO/c1-10-3-5-12(6-4-10)16(11(2)19)20-15-8-7-13(17)9-14(15)18/h3-9,11,16H,19H2,1-2H3. The number of aryl methyl sites for hydroxylation is 1. The fourth-order valence-electron chi connectivity index (χ4n) is 1.94. The Bertz CT molecular complexity index is 584. The van der Waals surface area contributed by atoms with Gasteiger partial charge in [-0.1, -0.05) is 57.4 Å². The predicted molar refractivity (Wildman–Crippen MR) is 87.3 cm³/mol. The van der Waals surface area contributed by atoms with Crippen LogP contribution in [0.5, 0.6) is 5.75 Å². The van der Waals surface area contributed by atoms with E-state index >= 15 is 0 Å². The van der Waals surface area contributed by atoms with Gasteiger partial charge in [0, 0.05) is 10.5 Å². The molecule has 20 heavy (non-hydrogen) atoms. The lowest BCUT2D eigenvalue weighted by Crippen LogP contribution is -2.29. The van der Waals surface area contributed by atoms with Gasteiger partial charge in [0.25, 0.3) is 0 Å². The van der Waals surface area contributed by atoms with E-state index in [-0.39, 0.29) is 12.1 Å². The Labute approximate surface area is 133 Å². The van der Waals surface area contributed by atoms with Gasteiger partial charge in [-0.2, -0.15) is 0 Å². The number of nitrogens with two attached hydrogens (primary N) is 1. The van der Waals surface area contributed by atoms with Crippen molar-refractivity contribution >= 4 is 27.5 Å². The van der Waals surface area contributed by atoms with E-state index in [4.69, 9.17) is 22.1 Å². The first kappa shape index (κ1) is 15.4. The molecule has 0 saturated heterocycles. The molecule has 0 amide bonds. The maximum atomic E-state index is 6.20. The number of halogens is 2. The quantitative estimate of drug-likeness (QED) is 0.849. The molecule has 0 spiro atoms. The Kier molecular flexibility index (Phi) is 5.08. The van der Waals surface area contributed by atoms with E-state index in [0.717, 1.165) is 10.0 Å². The normalized spacial score (nSPS) is 13.8. The average molecular weight is 355 g/mol. The van der Waals surface area contributed by atoms with Crippen LogP contribution < -0.4 is 10.5 Å². The maximum Gasteiger partial charge on any atom is 0.139 e. The Hall–Kier alpha value is -1.03. The van der Waals surface area contributed by atoms with Crippen molar-refractivity contribution in [3.8, 4) is 5.75 Å². The minimum absolute atomic E-state index is 0.141. The smallest absolute Gasteiger partial charge is 0.139 e. The molecule has 0 aliphatic heterocycles. The van der Waals surface area contributed by atoms with E-state index in [1.165, 1.54) is 5.56 Å². The molecule has 0 aromatic heterocycles. The lowest BCUT2D eigenvalue weighted by atomic mass is 10.0. The zero-order valence-electron chi connectivity index (χ0n) is 11.4. The summed E-state index contributed by atoms with van der Waals surface area (Å²) in [6.45, 7) is 3.98. The second-order valence-electron chi connectivity index (χ2n) is 4.88. The van der Waals surface area contributed by atoms with Crippen LogP contribution in [-0.4, -0.2) is 6.04 Å². The molecule has 0 bridgehead atoms. The minimum atomic E-state index is -0.228. The van der Waals surface area contributed by atoms with E-state index in [2.05, 4.69) is 35.0 Å². The summed E-state index contributed by atoms with van der Waals surface area (Å²) < 4.78 is 6.93. The maximum absolute atomic E-state index is 6.20. The number of ether oxygens (including phenoxy) is 1. The van der Waals surface area contributed by atoms with E-state index in [0.29, 0.717) is 10.8 Å². The van der Waals surface area contributed by atoms with Gasteiger partial charge in [-0.05, 0) is 37.6 Å². The summed E-state index contributed by atoms with van der Waals surface area (Å²) in [5.74, 6) is 0.637. The van der Waals surface area contributed by atoms with Gasteiger partial charge in [-0.15, -0.1) is 0 Å². The number of hydrogen-bond donors (Lipinski definition) is 1. The van der Waals surface area contributed by atoms with Crippen LogP contribution in [0.15, 0.2) is 46.9 Å². The molecule has 0 heterocycles. The molecule has 0 saturated carbocycles. The largest absolute Gasteiger partial charge is 0.483 e. The third-order valence-electron chi connectivity index (χ3n) is 3.03. The summed E-state index contributed by atoms with van der Waals surface area (Å²) in [5.41, 5.74) is 8.31. The highest BCUT2D eigenvalue weighted by Gasteiger charge is 2.19. The highest BCUT2D eigenvalue weighted by molar-refractivity contribution is 9.10. The minimum Gasteiger partial charge on any atom is -0.483 e. The van der Waals surface area contributed by atoms with Gasteiger partial charge in [0.15, 0.2) is 0 Å². The van der Waals surface area contributed by atoms with Gasteiger partial charge in [0.2, 0.25) is 0 Å². The molecule has 2 nitrogen and oxygen atoms in total. The third-order valence-corrected chi connectivity index (χ3v) is 3.82. The van der Waals surface area contributed by atoms with Crippen LogP contribution in [0, 0.1) is 6.92 Å². The van der Waals surface area contributed by atoms with Crippen molar-refractivity contribution in [2.45, 2.75) is 26.0 Å². The zero-order valence-corrected chi connectivity index (χ0v) is 13.8. The first-order valence-electron chi connectivity index (χ1n) is 6.41. The lowest BCUT2D eigenvalue weighted by molar-refractivity contribution is 0.180. The van der Waals surface area contributed by atoms with Crippen LogP contribution in [0.4, 0.5) is 0 Å². The second-order valence-corrected chi connectivity index (χ2v) is 6.21. The molecule has 2 aromatic carbocycles. The molecule has 0 aliphatic rings. The van der Waals surface area contributed by atoms with Crippen molar-refractivity contribution in [1.29, 1.82) is 0 Å². The second kappa shape index (κ2) is 6.61. The predicted octanol–water partition coefficient (Wildman–Crippen LogP) is 4.88. The van der Waals surface area contributed by atoms with E-state index in [1.807, 2.05) is 37.3 Å². The fourth-order valence-corrected chi connectivity index (χ4v) is 2.66. The van der Waals surface area contributed by atoms with Gasteiger partial charge in [-0.3, -0.25) is 0 Å². The number of hydrogen-bond acceptors (Lipinski definition) is 2. The zero-order chi connectivity index (χ0) is 14.7. The SMILES string of the molecule is Cc1ccc(C(Oc2ccc(Br)cc2Cl)C(C)N)cc1. The average Bonchev–Trinajstić information content (AvgIpc) is 2.39. The molecule has 2 N–H and O–H groups in total. The van der Waals surface area contributed by atoms with Crippen LogP contribution in [0.3, 0.4) is 0 Å². The van der Waals surface area contributed by atoms with Crippen molar-refractivity contribution in [3.63, 3.8) is 0 Å². The van der Waals surface area contributed by atoms with Gasteiger partial charge in [0.1, 0.15) is 11.9 Å². The van der Waals surface area contributed by atoms with Crippen LogP contribution >= 0.6 is 27.5 Å². The summed E-state index contributed by atoms with van der Waals surface area (Å²) >= 11 is 9.57. The van der Waals surface area contributed by atoms with Gasteiger partial charge in [-0.25, -0.2) is 0 Å². The highest BCUT2D eigenvalue weighted by Crippen LogP contribution is 2.32. The van der Waals surface area contributed by atoms with Crippen LogP contribution in [0.25, 0.3) is 0 Å². The van der Waals surface area contributed by atoms with Gasteiger partial charge >= 0.3 is 0 Å². The number of benzene rings is 2. The lowest BCUT2D eigenvalue weighted by Gasteiger charge is -2.23. The van der Waals surface area contributed by atoms with Gasteiger partial charge in [0.05, 0.1) is 5.02 Å². The number of rotatable bonds is 4. The topological polar surface area (TPSA) is 35.2 Å². The molecule has 2 aromatic rings. The molecule has 2 unspecified atom stereocenters. The molecule has 106 valence electrons. The van der Waals surface area contributed by atoms with Crippen molar-refractivity contribution in [2.24, 2.45) is 5.73 Å². The summed E-state index contributed by atoms with van der Waals surface area (Å²) in [6, 6.07) is 13.6. The van der Waals surface area contributed by atoms with Crippen molar-refractivity contribution < 1.29 is 4.74 Å². The van der Waals surface area contributed by atoms with E-state index in [1.54, 1.807) is 0 Å². The molecule has 2 atom stereocenters. The monoisotopic (exact) mass is 353 g/mol. The Morgan fingerprint density at radius 1 is 1.15 bits per heavy atom. The molecule has 0 aliphatic carbocycles. The molecule has 2 rings (SSSR count). The van der Waals surface area contributed by atoms with E-state index in [9.17, 15) is 0 Å². The highest BCUT2D eigenvalue weighted by atomic mass is 79.9. The van der Waals surface area contributed by atoms with E-state index < -0.39 is 0 Å². The van der Waals surface area contributed by atoms with Crippen LogP contribution in [-0.2, 0) is 0 Å². The van der Waals surface area contributed by atoms with Gasteiger partial charge < -0.3 is 10.5 Å². The first-order valence-corrected chi connectivity index (χ1v) is 7.58. The van der Waals surface area contributed by atoms with Crippen molar-refractivity contribution in [2.75, 3.05) is 0 Å². The fraction of sp³-hybridized carbons (Fsp3) is 0.250. The molecule has 0 fully saturated rings. The van der Waals surface area contributed by atoms with Crippen molar-refractivity contribution in [3.05, 3.63) is 63.1 Å². The third kappa shape index (κ3) is 3.75. The molecular weight excluding hydrogens is 338 g/mol. The summed E-state index contributed by atoms with van der Waals surface area (Å²) in [7, 11) is 0. The first-order chi connectivity index (χ1) is 9.47. The molecular formula is C16H17BrClNO. The Balaban J connectivity index is 2.28. The molecule has 0 radical (unpaired) electrons. The molecule has 4 heteroatoms. The summed E-state index contributed by atoms with van der Waals surface area (Å²) in [5, 5.41) is 0.567. The summed E-state index contributed by atoms with van der Waals surface area (Å²) in [6.07, 6.45) is -0.228.